The summed E-state index contributed by atoms with van der Waals surface area (Å²) < 4.78 is 0. The van der Waals surface area contributed by atoms with Gasteiger partial charge in [-0.05, 0) is 17.7 Å². The van der Waals surface area contributed by atoms with Gasteiger partial charge in [-0.15, -0.1) is 0 Å². The van der Waals surface area contributed by atoms with Crippen molar-refractivity contribution in [3.8, 4) is 0 Å². The van der Waals surface area contributed by atoms with Gasteiger partial charge in [-0.2, -0.15) is 0 Å². The van der Waals surface area contributed by atoms with Gasteiger partial charge in [0.25, 0.3) is 0 Å². The van der Waals surface area contributed by atoms with E-state index in [9.17, 15) is 9.59 Å². The number of likely N-dealkylation sites (N-methyl/N-ethyl adjacent to an activating group) is 1. The molecule has 0 bridgehead atoms. The van der Waals surface area contributed by atoms with Gasteiger partial charge < -0.3 is 10.6 Å². The third-order valence-electron chi connectivity index (χ3n) is 1.80. The molecule has 0 heterocycles. The molecular formula is C10H12N2O2. The molecule has 2 N–H and O–H groups in total. The van der Waals surface area contributed by atoms with Crippen LogP contribution in [0, 0.1) is 0 Å². The molecule has 4 heteroatoms. The van der Waals surface area contributed by atoms with E-state index in [0.717, 1.165) is 5.56 Å². The van der Waals surface area contributed by atoms with Gasteiger partial charge in [0.15, 0.2) is 0 Å². The Morgan fingerprint density at radius 1 is 1.50 bits per heavy atom. The largest absolute Gasteiger partial charge is 0.359 e. The Morgan fingerprint density at radius 3 is 2.93 bits per heavy atom. The second kappa shape index (κ2) is 5.01. The molecule has 0 atom stereocenters. The van der Waals surface area contributed by atoms with Crippen LogP contribution in [-0.4, -0.2) is 19.4 Å². The number of amides is 2. The minimum Gasteiger partial charge on any atom is -0.359 e. The van der Waals surface area contributed by atoms with E-state index in [2.05, 4.69) is 10.6 Å². The van der Waals surface area contributed by atoms with E-state index in [1.54, 1.807) is 25.2 Å². The fourth-order valence-corrected chi connectivity index (χ4v) is 1.11. The quantitative estimate of drug-likeness (QED) is 0.684. The van der Waals surface area contributed by atoms with Crippen LogP contribution >= 0.6 is 0 Å². The maximum absolute atomic E-state index is 11.0. The molecule has 0 radical (unpaired) electrons. The maximum Gasteiger partial charge on any atom is 0.224 e. The molecule has 0 aliphatic heterocycles. The summed E-state index contributed by atoms with van der Waals surface area (Å²) in [5, 5.41) is 5.06. The Balaban J connectivity index is 2.72. The summed E-state index contributed by atoms with van der Waals surface area (Å²) in [5.74, 6) is -0.0479. The first-order valence-corrected chi connectivity index (χ1v) is 4.26. The van der Waals surface area contributed by atoms with Crippen molar-refractivity contribution in [2.24, 2.45) is 0 Å². The van der Waals surface area contributed by atoms with Gasteiger partial charge in [-0.25, -0.2) is 0 Å². The molecule has 0 aliphatic rings. The van der Waals surface area contributed by atoms with Crippen LogP contribution < -0.4 is 10.6 Å². The average molecular weight is 192 g/mol. The van der Waals surface area contributed by atoms with Crippen molar-refractivity contribution in [3.05, 3.63) is 29.8 Å². The lowest BCUT2D eigenvalue weighted by Crippen LogP contribution is -2.19. The summed E-state index contributed by atoms with van der Waals surface area (Å²) in [5.41, 5.74) is 1.57. The number of benzene rings is 1. The highest BCUT2D eigenvalue weighted by Crippen LogP contribution is 2.09. The van der Waals surface area contributed by atoms with Crippen molar-refractivity contribution in [3.63, 3.8) is 0 Å². The predicted molar refractivity (Wildman–Crippen MR) is 53.9 cm³/mol. The van der Waals surface area contributed by atoms with Gasteiger partial charge in [0.2, 0.25) is 12.3 Å². The van der Waals surface area contributed by atoms with Crippen LogP contribution in [0.15, 0.2) is 24.3 Å². The Labute approximate surface area is 82.3 Å². The van der Waals surface area contributed by atoms with Crippen molar-refractivity contribution in [1.29, 1.82) is 0 Å². The number of hydrogen-bond acceptors (Lipinski definition) is 2. The molecule has 0 unspecified atom stereocenters. The van der Waals surface area contributed by atoms with Gasteiger partial charge in [0, 0.05) is 12.7 Å². The summed E-state index contributed by atoms with van der Waals surface area (Å²) in [7, 11) is 1.59. The van der Waals surface area contributed by atoms with Crippen LogP contribution in [-0.2, 0) is 16.0 Å². The summed E-state index contributed by atoms with van der Waals surface area (Å²) in [6.45, 7) is 0. The molecule has 1 aromatic rings. The Kier molecular flexibility index (Phi) is 3.67. The molecule has 0 aliphatic carbocycles. The second-order valence-corrected chi connectivity index (χ2v) is 2.81. The Hall–Kier alpha value is -1.84. The van der Waals surface area contributed by atoms with E-state index in [0.29, 0.717) is 18.5 Å². The molecule has 4 nitrogen and oxygen atoms in total. The third-order valence-corrected chi connectivity index (χ3v) is 1.80. The smallest absolute Gasteiger partial charge is 0.224 e. The van der Waals surface area contributed by atoms with Crippen LogP contribution in [0.2, 0.25) is 0 Å². The van der Waals surface area contributed by atoms with Crippen LogP contribution in [0.4, 0.5) is 5.69 Å². The number of carbonyl (C=O) groups excluding carboxylic acids is 2. The van der Waals surface area contributed by atoms with Crippen LogP contribution in [0.3, 0.4) is 0 Å². The van der Waals surface area contributed by atoms with Gasteiger partial charge in [-0.1, -0.05) is 12.1 Å². The van der Waals surface area contributed by atoms with Crippen LogP contribution in [0.1, 0.15) is 5.56 Å². The molecule has 1 aromatic carbocycles. The SMILES string of the molecule is CNC(=O)Cc1cccc(NC=O)c1. The second-order valence-electron chi connectivity index (χ2n) is 2.81. The van der Waals surface area contributed by atoms with E-state index in [-0.39, 0.29) is 5.91 Å². The van der Waals surface area contributed by atoms with Crippen molar-refractivity contribution in [2.75, 3.05) is 12.4 Å². The summed E-state index contributed by atoms with van der Waals surface area (Å²) >= 11 is 0. The van der Waals surface area contributed by atoms with Gasteiger partial charge in [-0.3, -0.25) is 9.59 Å². The summed E-state index contributed by atoms with van der Waals surface area (Å²) in [4.78, 5) is 21.2. The Morgan fingerprint density at radius 2 is 2.29 bits per heavy atom. The zero-order chi connectivity index (χ0) is 10.4. The molecule has 74 valence electrons. The molecule has 14 heavy (non-hydrogen) atoms. The number of carbonyl (C=O) groups is 2. The highest BCUT2D eigenvalue weighted by molar-refractivity contribution is 5.79. The van der Waals surface area contributed by atoms with Gasteiger partial charge in [0.1, 0.15) is 0 Å². The lowest BCUT2D eigenvalue weighted by Gasteiger charge is -2.03. The molecule has 0 saturated carbocycles. The molecular weight excluding hydrogens is 180 g/mol. The Bertz CT molecular complexity index is 337. The summed E-state index contributed by atoms with van der Waals surface area (Å²) in [6, 6.07) is 7.17. The van der Waals surface area contributed by atoms with E-state index < -0.39 is 0 Å². The highest BCUT2D eigenvalue weighted by Gasteiger charge is 2.00. The topological polar surface area (TPSA) is 58.2 Å². The lowest BCUT2D eigenvalue weighted by atomic mass is 10.1. The maximum atomic E-state index is 11.0. The third kappa shape index (κ3) is 2.90. The van der Waals surface area contributed by atoms with Gasteiger partial charge in [0.05, 0.1) is 6.42 Å². The van der Waals surface area contributed by atoms with Crippen molar-refractivity contribution in [2.45, 2.75) is 6.42 Å². The lowest BCUT2D eigenvalue weighted by molar-refractivity contribution is -0.119. The number of anilines is 1. The van der Waals surface area contributed by atoms with Gasteiger partial charge >= 0.3 is 0 Å². The average Bonchev–Trinajstić information content (AvgIpc) is 2.19. The van der Waals surface area contributed by atoms with Crippen molar-refractivity contribution >= 4 is 18.0 Å². The number of nitrogens with one attached hydrogen (secondary N) is 2. The van der Waals surface area contributed by atoms with E-state index >= 15 is 0 Å². The molecule has 2 amide bonds. The van der Waals surface area contributed by atoms with E-state index in [1.165, 1.54) is 0 Å². The van der Waals surface area contributed by atoms with E-state index in [1.807, 2.05) is 6.07 Å². The first kappa shape index (κ1) is 10.2. The van der Waals surface area contributed by atoms with Crippen LogP contribution in [0.25, 0.3) is 0 Å². The first-order valence-electron chi connectivity index (χ1n) is 4.26. The molecule has 0 fully saturated rings. The molecule has 0 spiro atoms. The monoisotopic (exact) mass is 192 g/mol. The van der Waals surface area contributed by atoms with Crippen molar-refractivity contribution < 1.29 is 9.59 Å². The van der Waals surface area contributed by atoms with Crippen molar-refractivity contribution in [1.82, 2.24) is 5.32 Å². The predicted octanol–water partition coefficient (Wildman–Crippen LogP) is 0.543. The zero-order valence-corrected chi connectivity index (χ0v) is 7.91. The first-order chi connectivity index (χ1) is 6.76. The molecule has 0 saturated heterocycles. The number of rotatable bonds is 4. The fourth-order valence-electron chi connectivity index (χ4n) is 1.11. The minimum absolute atomic E-state index is 0.0479. The standard InChI is InChI=1S/C10H12N2O2/c1-11-10(14)6-8-3-2-4-9(5-8)12-7-13/h2-5,7H,6H2,1H3,(H,11,14)(H,12,13). The normalized spacial score (nSPS) is 9.21. The number of hydrogen-bond donors (Lipinski definition) is 2. The van der Waals surface area contributed by atoms with Crippen LogP contribution in [0.5, 0.6) is 0 Å². The van der Waals surface area contributed by atoms with E-state index in [4.69, 9.17) is 0 Å². The fraction of sp³-hybridized carbons (Fsp3) is 0.200. The summed E-state index contributed by atoms with van der Waals surface area (Å²) in [6.07, 6.45) is 0.934. The molecule has 1 rings (SSSR count). The molecule has 0 aromatic heterocycles. The highest BCUT2D eigenvalue weighted by atomic mass is 16.1. The minimum atomic E-state index is -0.0479. The zero-order valence-electron chi connectivity index (χ0n) is 7.91.